The molecular weight excluding hydrogens is 217 g/mol. The van der Waals surface area contributed by atoms with Crippen LogP contribution in [0.1, 0.15) is 25.3 Å². The summed E-state index contributed by atoms with van der Waals surface area (Å²) in [6, 6.07) is 4.45. The predicted octanol–water partition coefficient (Wildman–Crippen LogP) is 2.18. The number of rotatable bonds is 1. The summed E-state index contributed by atoms with van der Waals surface area (Å²) >= 11 is 5.65. The highest BCUT2D eigenvalue weighted by Gasteiger charge is 2.50. The van der Waals surface area contributed by atoms with Crippen LogP contribution in [-0.2, 0) is 5.54 Å². The summed E-state index contributed by atoms with van der Waals surface area (Å²) < 4.78 is 13.6. The van der Waals surface area contributed by atoms with Crippen LogP contribution in [0.5, 0.6) is 0 Å². The summed E-state index contributed by atoms with van der Waals surface area (Å²) in [5, 5.41) is 9.98. The minimum absolute atomic E-state index is 0.353. The Morgan fingerprint density at radius 3 is 2.53 bits per heavy atom. The standard InChI is InChI=1S/C11H13ClFNO/c1-10(15)5-11(14,6-10)8-3-2-7(12)4-9(8)13/h2-4,15H,5-6,14H2,1H3/t10-,11+. The van der Waals surface area contributed by atoms with Gasteiger partial charge in [-0.1, -0.05) is 17.7 Å². The zero-order valence-electron chi connectivity index (χ0n) is 8.43. The highest BCUT2D eigenvalue weighted by atomic mass is 35.5. The van der Waals surface area contributed by atoms with Crippen LogP contribution < -0.4 is 5.73 Å². The van der Waals surface area contributed by atoms with Crippen molar-refractivity contribution in [2.24, 2.45) is 5.73 Å². The van der Waals surface area contributed by atoms with E-state index >= 15 is 0 Å². The summed E-state index contributed by atoms with van der Waals surface area (Å²) in [5.41, 5.74) is 4.91. The molecule has 0 saturated heterocycles. The minimum atomic E-state index is -0.777. The second kappa shape index (κ2) is 3.17. The molecule has 0 aromatic heterocycles. The predicted molar refractivity (Wildman–Crippen MR) is 57.1 cm³/mol. The van der Waals surface area contributed by atoms with Gasteiger partial charge < -0.3 is 10.8 Å². The van der Waals surface area contributed by atoms with E-state index in [2.05, 4.69) is 0 Å². The maximum Gasteiger partial charge on any atom is 0.129 e. The van der Waals surface area contributed by atoms with Gasteiger partial charge in [-0.3, -0.25) is 0 Å². The van der Waals surface area contributed by atoms with Gasteiger partial charge in [0.05, 0.1) is 5.60 Å². The first-order valence-corrected chi connectivity index (χ1v) is 5.17. The van der Waals surface area contributed by atoms with Crippen molar-refractivity contribution in [3.8, 4) is 0 Å². The monoisotopic (exact) mass is 229 g/mol. The number of aliphatic hydroxyl groups is 1. The van der Waals surface area contributed by atoms with Gasteiger partial charge in [0.1, 0.15) is 5.82 Å². The van der Waals surface area contributed by atoms with Crippen LogP contribution in [0.3, 0.4) is 0 Å². The molecule has 0 heterocycles. The van der Waals surface area contributed by atoms with Gasteiger partial charge in [-0.15, -0.1) is 0 Å². The van der Waals surface area contributed by atoms with Crippen molar-refractivity contribution in [2.45, 2.75) is 30.9 Å². The number of hydrogen-bond donors (Lipinski definition) is 2. The molecule has 1 saturated carbocycles. The summed E-state index contributed by atoms with van der Waals surface area (Å²) in [7, 11) is 0. The third-order valence-corrected chi connectivity index (χ3v) is 3.10. The van der Waals surface area contributed by atoms with Crippen LogP contribution >= 0.6 is 11.6 Å². The molecule has 0 atom stereocenters. The molecule has 82 valence electrons. The fourth-order valence-corrected chi connectivity index (χ4v) is 2.55. The molecule has 0 aliphatic heterocycles. The molecule has 1 aliphatic carbocycles. The third kappa shape index (κ3) is 1.87. The van der Waals surface area contributed by atoms with Crippen molar-refractivity contribution in [3.05, 3.63) is 34.6 Å². The van der Waals surface area contributed by atoms with Gasteiger partial charge in [0, 0.05) is 16.1 Å². The van der Waals surface area contributed by atoms with Gasteiger partial charge in [-0.05, 0) is 31.9 Å². The van der Waals surface area contributed by atoms with Crippen molar-refractivity contribution >= 4 is 11.6 Å². The Morgan fingerprint density at radius 1 is 1.47 bits per heavy atom. The molecule has 0 spiro atoms. The smallest absolute Gasteiger partial charge is 0.129 e. The Kier molecular flexibility index (Phi) is 2.30. The molecule has 15 heavy (non-hydrogen) atoms. The molecule has 1 aromatic rings. The number of nitrogens with two attached hydrogens (primary N) is 1. The van der Waals surface area contributed by atoms with Crippen LogP contribution in [0.4, 0.5) is 4.39 Å². The van der Waals surface area contributed by atoms with Crippen LogP contribution in [0.15, 0.2) is 18.2 Å². The molecule has 2 rings (SSSR count). The maximum atomic E-state index is 13.6. The van der Waals surface area contributed by atoms with Crippen LogP contribution in [0.25, 0.3) is 0 Å². The molecule has 1 aliphatic rings. The Bertz CT molecular complexity index is 398. The van der Waals surface area contributed by atoms with Crippen molar-refractivity contribution in [1.82, 2.24) is 0 Å². The van der Waals surface area contributed by atoms with Gasteiger partial charge >= 0.3 is 0 Å². The average Bonchev–Trinajstić information content (AvgIpc) is 1.98. The second-order valence-corrected chi connectivity index (χ2v) is 5.07. The highest BCUT2D eigenvalue weighted by Crippen LogP contribution is 2.46. The number of benzene rings is 1. The Balaban J connectivity index is 2.32. The number of halogens is 2. The van der Waals surface area contributed by atoms with Crippen LogP contribution in [0.2, 0.25) is 5.02 Å². The quantitative estimate of drug-likeness (QED) is 0.776. The first-order valence-electron chi connectivity index (χ1n) is 4.79. The van der Waals surface area contributed by atoms with Gasteiger partial charge in [-0.25, -0.2) is 4.39 Å². The molecule has 1 aromatic carbocycles. The first kappa shape index (κ1) is 10.9. The average molecular weight is 230 g/mol. The topological polar surface area (TPSA) is 46.2 Å². The van der Waals surface area contributed by atoms with E-state index in [-0.39, 0.29) is 0 Å². The third-order valence-electron chi connectivity index (χ3n) is 2.86. The summed E-state index contributed by atoms with van der Waals surface area (Å²) in [6.07, 6.45) is 0.747. The van der Waals surface area contributed by atoms with E-state index in [1.807, 2.05) is 0 Å². The van der Waals surface area contributed by atoms with Gasteiger partial charge in [-0.2, -0.15) is 0 Å². The molecule has 3 N–H and O–H groups in total. The lowest BCUT2D eigenvalue weighted by Gasteiger charge is -2.49. The number of hydrogen-bond acceptors (Lipinski definition) is 2. The van der Waals surface area contributed by atoms with E-state index in [1.54, 1.807) is 19.1 Å². The fourth-order valence-electron chi connectivity index (χ4n) is 2.39. The lowest BCUT2D eigenvalue weighted by Crippen LogP contribution is -2.58. The Hall–Kier alpha value is -0.640. The van der Waals surface area contributed by atoms with Gasteiger partial charge in [0.2, 0.25) is 0 Å². The van der Waals surface area contributed by atoms with E-state index in [0.29, 0.717) is 23.4 Å². The minimum Gasteiger partial charge on any atom is -0.390 e. The molecule has 0 unspecified atom stereocenters. The maximum absolute atomic E-state index is 13.6. The first-order chi connectivity index (χ1) is 6.82. The lowest BCUT2D eigenvalue weighted by atomic mass is 9.63. The lowest BCUT2D eigenvalue weighted by molar-refractivity contribution is -0.0748. The van der Waals surface area contributed by atoms with Crippen molar-refractivity contribution < 1.29 is 9.50 Å². The zero-order valence-corrected chi connectivity index (χ0v) is 9.18. The normalized spacial score (nSPS) is 35.0. The largest absolute Gasteiger partial charge is 0.390 e. The molecule has 0 amide bonds. The van der Waals surface area contributed by atoms with E-state index < -0.39 is 17.0 Å². The summed E-state index contributed by atoms with van der Waals surface area (Å²) in [6.45, 7) is 1.70. The Morgan fingerprint density at radius 2 is 2.07 bits per heavy atom. The summed E-state index contributed by atoms with van der Waals surface area (Å²) in [4.78, 5) is 0. The molecular formula is C11H13ClFNO. The van der Waals surface area contributed by atoms with E-state index in [9.17, 15) is 9.50 Å². The molecule has 4 heteroatoms. The molecule has 0 radical (unpaired) electrons. The van der Waals surface area contributed by atoms with Crippen LogP contribution in [0, 0.1) is 5.82 Å². The SMILES string of the molecule is C[C@]1(O)C[C@](N)(c2ccc(Cl)cc2F)C1. The van der Waals surface area contributed by atoms with E-state index in [4.69, 9.17) is 17.3 Å². The van der Waals surface area contributed by atoms with E-state index in [1.165, 1.54) is 6.07 Å². The molecule has 0 bridgehead atoms. The fraction of sp³-hybridized carbons (Fsp3) is 0.455. The zero-order chi connectivity index (χ0) is 11.3. The molecule has 2 nitrogen and oxygen atoms in total. The molecule has 1 fully saturated rings. The van der Waals surface area contributed by atoms with Crippen molar-refractivity contribution in [1.29, 1.82) is 0 Å². The van der Waals surface area contributed by atoms with Crippen molar-refractivity contribution in [2.75, 3.05) is 0 Å². The highest BCUT2D eigenvalue weighted by molar-refractivity contribution is 6.30. The van der Waals surface area contributed by atoms with Crippen LogP contribution in [-0.4, -0.2) is 10.7 Å². The van der Waals surface area contributed by atoms with E-state index in [0.717, 1.165) is 0 Å². The Labute approximate surface area is 92.9 Å². The van der Waals surface area contributed by atoms with Gasteiger partial charge in [0.15, 0.2) is 0 Å². The van der Waals surface area contributed by atoms with Crippen molar-refractivity contribution in [3.63, 3.8) is 0 Å². The van der Waals surface area contributed by atoms with Gasteiger partial charge in [0.25, 0.3) is 0 Å². The second-order valence-electron chi connectivity index (χ2n) is 4.63. The summed E-state index contributed by atoms with van der Waals surface area (Å²) in [5.74, 6) is -0.402.